The van der Waals surface area contributed by atoms with Crippen molar-refractivity contribution in [1.82, 2.24) is 10.3 Å². The molecule has 1 saturated heterocycles. The Morgan fingerprint density at radius 3 is 2.48 bits per heavy atom. The maximum Gasteiger partial charge on any atom is 0.261 e. The van der Waals surface area contributed by atoms with Crippen LogP contribution in [0.3, 0.4) is 0 Å². The van der Waals surface area contributed by atoms with Crippen LogP contribution >= 0.6 is 0 Å². The summed E-state index contributed by atoms with van der Waals surface area (Å²) < 4.78 is 0. The Morgan fingerprint density at radius 2 is 2.00 bits per heavy atom. The van der Waals surface area contributed by atoms with Crippen molar-refractivity contribution >= 4 is 17.7 Å². The first-order chi connectivity index (χ1) is 9.66. The zero-order valence-corrected chi connectivity index (χ0v) is 13.0. The zero-order valence-electron chi connectivity index (χ0n) is 13.0. The molecule has 0 aromatic carbocycles. The molecule has 6 nitrogen and oxygen atoms in total. The van der Waals surface area contributed by atoms with Crippen LogP contribution in [-0.2, 0) is 14.4 Å². The first kappa shape index (κ1) is 17.1. The molecule has 0 aromatic rings. The summed E-state index contributed by atoms with van der Waals surface area (Å²) in [4.78, 5) is 35.1. The molecule has 1 heterocycles. The normalized spacial score (nSPS) is 20.6. The molecule has 3 amide bonds. The molecule has 21 heavy (non-hydrogen) atoms. The van der Waals surface area contributed by atoms with E-state index in [9.17, 15) is 14.4 Å². The monoisotopic (exact) mass is 293 g/mol. The van der Waals surface area contributed by atoms with Crippen LogP contribution in [0.4, 0.5) is 0 Å². The number of carbonyl (C=O) groups is 3. The molecule has 3 N–H and O–H groups in total. The summed E-state index contributed by atoms with van der Waals surface area (Å²) in [5.74, 6) is 4.44. The van der Waals surface area contributed by atoms with Gasteiger partial charge in [-0.25, -0.2) is 5.84 Å². The number of nitrogens with zero attached hydrogens (tertiary/aromatic N) is 1. The molecule has 1 aliphatic heterocycles. The Bertz CT molecular complexity index is 501. The number of hydrogen-bond donors (Lipinski definition) is 2. The Kier molecular flexibility index (Phi) is 5.43. The second kappa shape index (κ2) is 6.67. The second-order valence-electron chi connectivity index (χ2n) is 6.06. The highest BCUT2D eigenvalue weighted by Crippen LogP contribution is 2.26. The molecule has 6 heteroatoms. The molecule has 0 spiro atoms. The van der Waals surface area contributed by atoms with Crippen molar-refractivity contribution in [3.8, 4) is 0 Å². The smallest absolute Gasteiger partial charge is 0.261 e. The van der Waals surface area contributed by atoms with Gasteiger partial charge in [0.1, 0.15) is 6.04 Å². The molecular formula is C15H23N3O3. The Balaban J connectivity index is 2.91. The van der Waals surface area contributed by atoms with Crippen molar-refractivity contribution in [1.29, 1.82) is 0 Å². The minimum atomic E-state index is -0.807. The van der Waals surface area contributed by atoms with Crippen molar-refractivity contribution < 1.29 is 14.4 Å². The number of allylic oxidation sites excluding steroid dienone is 3. The predicted molar refractivity (Wildman–Crippen MR) is 79.6 cm³/mol. The molecule has 0 aromatic heterocycles. The van der Waals surface area contributed by atoms with E-state index in [1.165, 1.54) is 6.08 Å². The highest BCUT2D eigenvalue weighted by atomic mass is 16.2. The van der Waals surface area contributed by atoms with E-state index in [1.807, 2.05) is 39.8 Å². The zero-order chi connectivity index (χ0) is 16.2. The maximum absolute atomic E-state index is 12.2. The number of hydrogen-bond acceptors (Lipinski definition) is 4. The van der Waals surface area contributed by atoms with E-state index in [1.54, 1.807) is 0 Å². The van der Waals surface area contributed by atoms with Crippen molar-refractivity contribution in [3.05, 3.63) is 23.8 Å². The van der Waals surface area contributed by atoms with Gasteiger partial charge in [0, 0.05) is 12.5 Å². The summed E-state index contributed by atoms with van der Waals surface area (Å²) in [5, 5.41) is 3.09. The van der Waals surface area contributed by atoms with E-state index in [4.69, 9.17) is 5.84 Å². The summed E-state index contributed by atoms with van der Waals surface area (Å²) in [5.41, 5.74) is 0.603. The first-order valence-electron chi connectivity index (χ1n) is 6.93. The SMILES string of the molecule is C/C=C\C(=C/C(=O)N(N)C1CCC(=O)NC1=O)C(C)(C)C. The number of amides is 3. The number of hydrazine groups is 1. The standard InChI is InChI=1S/C15H23N3O3/c1-5-6-10(15(2,3)4)9-13(20)18(16)11-7-8-12(19)17-14(11)21/h5-6,9,11H,7-8,16H2,1-4H3,(H,17,19,21)/b6-5-,10-9+. The topological polar surface area (TPSA) is 92.5 Å². The number of imide groups is 1. The van der Waals surface area contributed by atoms with Gasteiger partial charge >= 0.3 is 0 Å². The van der Waals surface area contributed by atoms with Crippen molar-refractivity contribution in [2.24, 2.45) is 11.3 Å². The van der Waals surface area contributed by atoms with Gasteiger partial charge in [0.05, 0.1) is 0 Å². The summed E-state index contributed by atoms with van der Waals surface area (Å²) in [6.07, 6.45) is 5.55. The first-order valence-corrected chi connectivity index (χ1v) is 6.93. The molecule has 1 rings (SSSR count). The van der Waals surface area contributed by atoms with Crippen LogP contribution in [0.2, 0.25) is 0 Å². The highest BCUT2D eigenvalue weighted by Gasteiger charge is 2.32. The van der Waals surface area contributed by atoms with E-state index in [2.05, 4.69) is 5.32 Å². The average Bonchev–Trinajstić information content (AvgIpc) is 2.36. The Labute approximate surface area is 125 Å². The van der Waals surface area contributed by atoms with E-state index < -0.39 is 17.9 Å². The fourth-order valence-corrected chi connectivity index (χ4v) is 2.00. The third-order valence-electron chi connectivity index (χ3n) is 3.29. The van der Waals surface area contributed by atoms with Gasteiger partial charge in [0.25, 0.3) is 11.8 Å². The van der Waals surface area contributed by atoms with Gasteiger partial charge in [-0.2, -0.15) is 0 Å². The number of piperidine rings is 1. The Morgan fingerprint density at radius 1 is 1.38 bits per heavy atom. The minimum absolute atomic E-state index is 0.183. The fraction of sp³-hybridized carbons (Fsp3) is 0.533. The highest BCUT2D eigenvalue weighted by molar-refractivity contribution is 6.02. The third-order valence-corrected chi connectivity index (χ3v) is 3.29. The quantitative estimate of drug-likeness (QED) is 0.203. The van der Waals surface area contributed by atoms with Crippen molar-refractivity contribution in [3.63, 3.8) is 0 Å². The largest absolute Gasteiger partial charge is 0.295 e. The lowest BCUT2D eigenvalue weighted by atomic mass is 9.85. The number of rotatable bonds is 3. The molecule has 0 saturated carbocycles. The van der Waals surface area contributed by atoms with Crippen LogP contribution in [0.15, 0.2) is 23.8 Å². The summed E-state index contributed by atoms with van der Waals surface area (Å²) in [6, 6.07) is -0.807. The number of nitrogens with two attached hydrogens (primary N) is 1. The summed E-state index contributed by atoms with van der Waals surface area (Å²) >= 11 is 0. The van der Waals surface area contributed by atoms with Crippen LogP contribution < -0.4 is 11.2 Å². The number of carbonyl (C=O) groups excluding carboxylic acids is 3. The summed E-state index contributed by atoms with van der Waals surface area (Å²) in [7, 11) is 0. The minimum Gasteiger partial charge on any atom is -0.295 e. The molecular weight excluding hydrogens is 270 g/mol. The molecule has 116 valence electrons. The summed E-state index contributed by atoms with van der Waals surface area (Å²) in [6.45, 7) is 7.82. The molecule has 0 aliphatic carbocycles. The van der Waals surface area contributed by atoms with E-state index >= 15 is 0 Å². The maximum atomic E-state index is 12.2. The third kappa shape index (κ3) is 4.53. The van der Waals surface area contributed by atoms with E-state index in [0.29, 0.717) is 0 Å². The van der Waals surface area contributed by atoms with Gasteiger partial charge < -0.3 is 0 Å². The molecule has 0 bridgehead atoms. The molecule has 1 unspecified atom stereocenters. The average molecular weight is 293 g/mol. The fourth-order valence-electron chi connectivity index (χ4n) is 2.00. The predicted octanol–water partition coefficient (Wildman–Crippen LogP) is 1.04. The van der Waals surface area contributed by atoms with Crippen LogP contribution in [0.25, 0.3) is 0 Å². The lowest BCUT2D eigenvalue weighted by Crippen LogP contribution is -2.56. The molecule has 1 aliphatic rings. The van der Waals surface area contributed by atoms with Gasteiger partial charge in [0.15, 0.2) is 0 Å². The van der Waals surface area contributed by atoms with E-state index in [0.717, 1.165) is 10.6 Å². The van der Waals surface area contributed by atoms with Gasteiger partial charge in [-0.1, -0.05) is 32.9 Å². The molecule has 1 fully saturated rings. The van der Waals surface area contributed by atoms with Crippen LogP contribution in [0.5, 0.6) is 0 Å². The lowest BCUT2D eigenvalue weighted by molar-refractivity contribution is -0.143. The van der Waals surface area contributed by atoms with Gasteiger partial charge in [0.2, 0.25) is 5.91 Å². The van der Waals surface area contributed by atoms with Crippen LogP contribution in [-0.4, -0.2) is 28.8 Å². The van der Waals surface area contributed by atoms with Gasteiger partial charge in [-0.05, 0) is 24.3 Å². The van der Waals surface area contributed by atoms with Crippen LogP contribution in [0.1, 0.15) is 40.5 Å². The van der Waals surface area contributed by atoms with Crippen molar-refractivity contribution in [2.45, 2.75) is 46.6 Å². The Hall–Kier alpha value is -1.95. The molecule has 1 atom stereocenters. The van der Waals surface area contributed by atoms with Crippen LogP contribution in [0, 0.1) is 5.41 Å². The van der Waals surface area contributed by atoms with Gasteiger partial charge in [-0.15, -0.1) is 0 Å². The molecule has 0 radical (unpaired) electrons. The second-order valence-corrected chi connectivity index (χ2v) is 6.06. The van der Waals surface area contributed by atoms with Crippen molar-refractivity contribution in [2.75, 3.05) is 0 Å². The lowest BCUT2D eigenvalue weighted by Gasteiger charge is -2.29. The van der Waals surface area contributed by atoms with E-state index in [-0.39, 0.29) is 24.2 Å². The number of nitrogens with one attached hydrogen (secondary N) is 1. The van der Waals surface area contributed by atoms with Gasteiger partial charge in [-0.3, -0.25) is 24.7 Å².